The van der Waals surface area contributed by atoms with Gasteiger partial charge in [0, 0.05) is 24.8 Å². The first kappa shape index (κ1) is 12.6. The van der Waals surface area contributed by atoms with Gasteiger partial charge in [-0.3, -0.25) is 0 Å². The average molecular weight is 271 g/mol. The molecule has 0 bridgehead atoms. The van der Waals surface area contributed by atoms with Gasteiger partial charge < -0.3 is 19.9 Å². The van der Waals surface area contributed by atoms with Crippen LogP contribution in [0.25, 0.3) is 0 Å². The van der Waals surface area contributed by atoms with Gasteiger partial charge in [-0.1, -0.05) is 12.1 Å². The smallest absolute Gasteiger partial charge is 0.395 e. The monoisotopic (exact) mass is 271 g/mol. The van der Waals surface area contributed by atoms with Crippen molar-refractivity contribution in [2.75, 3.05) is 13.2 Å². The first-order chi connectivity index (χ1) is 9.07. The zero-order valence-electron chi connectivity index (χ0n) is 10.3. The molecule has 0 spiro atoms. The second kappa shape index (κ2) is 4.61. The van der Waals surface area contributed by atoms with Gasteiger partial charge in [-0.25, -0.2) is 0 Å². The number of ether oxygens (including phenoxy) is 3. The molecule has 2 heterocycles. The van der Waals surface area contributed by atoms with Crippen LogP contribution < -0.4 is 15.2 Å². The standard InChI is InChI=1S/C13H15F2NO3/c14-13(15)18-10-3-1-2-9(12(10)19-13)11(16)8-4-6-17-7-5-8/h1-3,8,11H,4-7,16H2/t11-/m0/s1. The highest BCUT2D eigenvalue weighted by atomic mass is 19.3. The van der Waals surface area contributed by atoms with E-state index < -0.39 is 6.29 Å². The minimum Gasteiger partial charge on any atom is -0.395 e. The van der Waals surface area contributed by atoms with Gasteiger partial charge in [-0.15, -0.1) is 8.78 Å². The molecule has 0 aliphatic carbocycles. The van der Waals surface area contributed by atoms with E-state index in [2.05, 4.69) is 9.47 Å². The van der Waals surface area contributed by atoms with E-state index in [0.717, 1.165) is 12.8 Å². The summed E-state index contributed by atoms with van der Waals surface area (Å²) in [7, 11) is 0. The van der Waals surface area contributed by atoms with Crippen molar-refractivity contribution in [1.82, 2.24) is 0 Å². The number of halogens is 2. The third-order valence-corrected chi connectivity index (χ3v) is 3.59. The molecule has 0 amide bonds. The maximum absolute atomic E-state index is 13.1. The van der Waals surface area contributed by atoms with Crippen LogP contribution in [-0.4, -0.2) is 19.5 Å². The van der Waals surface area contributed by atoms with Crippen LogP contribution in [0.2, 0.25) is 0 Å². The third-order valence-electron chi connectivity index (χ3n) is 3.59. The lowest BCUT2D eigenvalue weighted by atomic mass is 9.87. The Labute approximate surface area is 109 Å². The summed E-state index contributed by atoms with van der Waals surface area (Å²) in [6.45, 7) is 1.31. The fourth-order valence-corrected chi connectivity index (χ4v) is 2.58. The number of rotatable bonds is 2. The molecular weight excluding hydrogens is 256 g/mol. The zero-order chi connectivity index (χ0) is 13.5. The summed E-state index contributed by atoms with van der Waals surface area (Å²) in [4.78, 5) is 0. The van der Waals surface area contributed by atoms with Crippen molar-refractivity contribution >= 4 is 0 Å². The highest BCUT2D eigenvalue weighted by molar-refractivity contribution is 5.50. The molecule has 2 aliphatic rings. The molecular formula is C13H15F2NO3. The molecule has 2 N–H and O–H groups in total. The maximum Gasteiger partial charge on any atom is 0.586 e. The van der Waals surface area contributed by atoms with Crippen molar-refractivity contribution in [2.24, 2.45) is 11.7 Å². The van der Waals surface area contributed by atoms with Crippen molar-refractivity contribution in [3.8, 4) is 11.5 Å². The molecule has 104 valence electrons. The average Bonchev–Trinajstić information content (AvgIpc) is 2.72. The Kier molecular flexibility index (Phi) is 3.06. The van der Waals surface area contributed by atoms with E-state index in [1.165, 1.54) is 6.07 Å². The van der Waals surface area contributed by atoms with Crippen LogP contribution in [0.15, 0.2) is 18.2 Å². The van der Waals surface area contributed by atoms with Crippen molar-refractivity contribution in [1.29, 1.82) is 0 Å². The number of alkyl halides is 2. The summed E-state index contributed by atoms with van der Waals surface area (Å²) >= 11 is 0. The highest BCUT2D eigenvalue weighted by Crippen LogP contribution is 2.46. The van der Waals surface area contributed by atoms with E-state index in [1.54, 1.807) is 12.1 Å². The predicted octanol–water partition coefficient (Wildman–Crippen LogP) is 2.43. The quantitative estimate of drug-likeness (QED) is 0.897. The summed E-state index contributed by atoms with van der Waals surface area (Å²) in [5.41, 5.74) is 6.77. The Bertz CT molecular complexity index is 475. The lowest BCUT2D eigenvalue weighted by Gasteiger charge is -2.28. The van der Waals surface area contributed by atoms with Crippen molar-refractivity contribution in [2.45, 2.75) is 25.2 Å². The van der Waals surface area contributed by atoms with E-state index >= 15 is 0 Å². The van der Waals surface area contributed by atoms with Crippen molar-refractivity contribution < 1.29 is 23.0 Å². The lowest BCUT2D eigenvalue weighted by Crippen LogP contribution is -2.29. The van der Waals surface area contributed by atoms with E-state index in [-0.39, 0.29) is 23.5 Å². The summed E-state index contributed by atoms with van der Waals surface area (Å²) < 4.78 is 40.5. The topological polar surface area (TPSA) is 53.7 Å². The Balaban J connectivity index is 1.88. The second-order valence-corrected chi connectivity index (χ2v) is 4.82. The van der Waals surface area contributed by atoms with Crippen LogP contribution in [0.1, 0.15) is 24.4 Å². The molecule has 3 rings (SSSR count). The van der Waals surface area contributed by atoms with Gasteiger partial charge in [0.15, 0.2) is 11.5 Å². The fourth-order valence-electron chi connectivity index (χ4n) is 2.58. The van der Waals surface area contributed by atoms with Crippen LogP contribution in [0, 0.1) is 5.92 Å². The van der Waals surface area contributed by atoms with Crippen LogP contribution >= 0.6 is 0 Å². The molecule has 4 nitrogen and oxygen atoms in total. The Morgan fingerprint density at radius 2 is 1.95 bits per heavy atom. The predicted molar refractivity (Wildman–Crippen MR) is 63.1 cm³/mol. The summed E-state index contributed by atoms with van der Waals surface area (Å²) in [6.07, 6.45) is -1.96. The minimum absolute atomic E-state index is 0.0463. The molecule has 1 fully saturated rings. The molecule has 0 radical (unpaired) electrons. The van der Waals surface area contributed by atoms with Gasteiger partial charge >= 0.3 is 6.29 Å². The maximum atomic E-state index is 13.1. The molecule has 1 atom stereocenters. The molecule has 0 saturated carbocycles. The highest BCUT2D eigenvalue weighted by Gasteiger charge is 2.45. The number of hydrogen-bond acceptors (Lipinski definition) is 4. The number of nitrogens with two attached hydrogens (primary N) is 1. The van der Waals surface area contributed by atoms with Gasteiger partial charge in [0.05, 0.1) is 0 Å². The van der Waals surface area contributed by atoms with Gasteiger partial charge in [-0.2, -0.15) is 0 Å². The molecule has 1 saturated heterocycles. The largest absolute Gasteiger partial charge is 0.586 e. The van der Waals surface area contributed by atoms with Gasteiger partial charge in [0.1, 0.15) is 0 Å². The van der Waals surface area contributed by atoms with E-state index in [4.69, 9.17) is 10.5 Å². The minimum atomic E-state index is -3.60. The first-order valence-electron chi connectivity index (χ1n) is 6.29. The lowest BCUT2D eigenvalue weighted by molar-refractivity contribution is -0.287. The van der Waals surface area contributed by atoms with E-state index in [9.17, 15) is 8.78 Å². The molecule has 6 heteroatoms. The Morgan fingerprint density at radius 1 is 1.21 bits per heavy atom. The van der Waals surface area contributed by atoms with Crippen LogP contribution in [0.5, 0.6) is 11.5 Å². The molecule has 1 aromatic rings. The number of para-hydroxylation sites is 1. The SMILES string of the molecule is N[C@H](c1cccc2c1OC(F)(F)O2)C1CCOCC1. The van der Waals surface area contributed by atoms with Crippen LogP contribution in [0.4, 0.5) is 8.78 Å². The summed E-state index contributed by atoms with van der Waals surface area (Å²) in [5.74, 6) is 0.314. The van der Waals surface area contributed by atoms with E-state index in [1.807, 2.05) is 0 Å². The van der Waals surface area contributed by atoms with Gasteiger partial charge in [0.25, 0.3) is 0 Å². The van der Waals surface area contributed by atoms with Crippen LogP contribution in [0.3, 0.4) is 0 Å². The fraction of sp³-hybridized carbons (Fsp3) is 0.538. The Morgan fingerprint density at radius 3 is 2.68 bits per heavy atom. The third kappa shape index (κ3) is 2.37. The first-order valence-corrected chi connectivity index (χ1v) is 6.29. The molecule has 0 aromatic heterocycles. The van der Waals surface area contributed by atoms with Gasteiger partial charge in [0.2, 0.25) is 0 Å². The number of benzene rings is 1. The second-order valence-electron chi connectivity index (χ2n) is 4.82. The molecule has 19 heavy (non-hydrogen) atoms. The Hall–Kier alpha value is -1.40. The van der Waals surface area contributed by atoms with Crippen molar-refractivity contribution in [3.05, 3.63) is 23.8 Å². The van der Waals surface area contributed by atoms with Crippen LogP contribution in [-0.2, 0) is 4.74 Å². The van der Waals surface area contributed by atoms with E-state index in [0.29, 0.717) is 18.8 Å². The molecule has 2 aliphatic heterocycles. The summed E-state index contributed by atoms with van der Waals surface area (Å²) in [5, 5.41) is 0. The zero-order valence-corrected chi connectivity index (χ0v) is 10.3. The number of hydrogen-bond donors (Lipinski definition) is 1. The van der Waals surface area contributed by atoms with Gasteiger partial charge in [-0.05, 0) is 24.8 Å². The van der Waals surface area contributed by atoms with Crippen molar-refractivity contribution in [3.63, 3.8) is 0 Å². The molecule has 1 aromatic carbocycles. The number of fused-ring (bicyclic) bond motifs is 1. The summed E-state index contributed by atoms with van der Waals surface area (Å²) in [6, 6.07) is 4.47. The normalized spacial score (nSPS) is 23.3. The molecule has 0 unspecified atom stereocenters.